The van der Waals surface area contributed by atoms with Crippen LogP contribution in [0.15, 0.2) is 21.2 Å². The Bertz CT molecular complexity index is 627. The van der Waals surface area contributed by atoms with E-state index < -0.39 is 5.56 Å². The molecule has 0 bridgehead atoms. The van der Waals surface area contributed by atoms with Crippen molar-refractivity contribution in [3.8, 4) is 0 Å². The predicted molar refractivity (Wildman–Crippen MR) is 69.0 cm³/mol. The zero-order valence-corrected chi connectivity index (χ0v) is 11.0. The first kappa shape index (κ1) is 13.1. The summed E-state index contributed by atoms with van der Waals surface area (Å²) in [4.78, 5) is 26.2. The third-order valence-corrected chi connectivity index (χ3v) is 3.74. The number of fused-ring (bicyclic) bond motifs is 1. The number of hydrogen-bond acceptors (Lipinski definition) is 4. The number of nitrogens with two attached hydrogens (primary N) is 1. The van der Waals surface area contributed by atoms with Crippen LogP contribution in [0.1, 0.15) is 29.0 Å². The Hall–Kier alpha value is -1.89. The van der Waals surface area contributed by atoms with E-state index in [0.29, 0.717) is 25.1 Å². The van der Waals surface area contributed by atoms with Crippen molar-refractivity contribution in [1.82, 2.24) is 9.64 Å². The smallest absolute Gasteiger partial charge is 0.295 e. The standard InChI is InChI=1S/C13H16FN3O3/c14-5-8(6-15)7-17-13(19)11-10(20-17)3-4-16(12(11)18)9-1-2-9/h5,9H,1-4,6-7,15H2/b8-5+. The van der Waals surface area contributed by atoms with E-state index in [1.807, 2.05) is 0 Å². The van der Waals surface area contributed by atoms with E-state index >= 15 is 0 Å². The van der Waals surface area contributed by atoms with Crippen molar-refractivity contribution in [3.63, 3.8) is 0 Å². The van der Waals surface area contributed by atoms with Crippen molar-refractivity contribution in [3.05, 3.63) is 33.6 Å². The highest BCUT2D eigenvalue weighted by atomic mass is 19.1. The average molecular weight is 281 g/mol. The first-order chi connectivity index (χ1) is 9.65. The van der Waals surface area contributed by atoms with Crippen molar-refractivity contribution >= 4 is 5.91 Å². The van der Waals surface area contributed by atoms with Crippen molar-refractivity contribution in [2.45, 2.75) is 31.8 Å². The molecule has 3 rings (SSSR count). The molecule has 0 spiro atoms. The van der Waals surface area contributed by atoms with Gasteiger partial charge in [0.25, 0.3) is 11.5 Å². The van der Waals surface area contributed by atoms with Gasteiger partial charge in [0, 0.05) is 25.6 Å². The minimum atomic E-state index is -0.497. The average Bonchev–Trinajstić information content (AvgIpc) is 3.22. The van der Waals surface area contributed by atoms with Gasteiger partial charge in [-0.3, -0.25) is 9.59 Å². The molecule has 1 amide bonds. The lowest BCUT2D eigenvalue weighted by Gasteiger charge is -2.24. The van der Waals surface area contributed by atoms with Crippen LogP contribution in [0.3, 0.4) is 0 Å². The molecule has 0 radical (unpaired) electrons. The second-order valence-corrected chi connectivity index (χ2v) is 5.18. The summed E-state index contributed by atoms with van der Waals surface area (Å²) in [5, 5.41) is 0. The van der Waals surface area contributed by atoms with Gasteiger partial charge in [0.1, 0.15) is 5.56 Å². The Balaban J connectivity index is 1.92. The maximum absolute atomic E-state index is 12.5. The van der Waals surface area contributed by atoms with Crippen LogP contribution in [0.25, 0.3) is 0 Å². The van der Waals surface area contributed by atoms with Gasteiger partial charge in [0.05, 0.1) is 12.9 Å². The first-order valence-electron chi connectivity index (χ1n) is 6.68. The molecule has 1 aliphatic heterocycles. The third kappa shape index (κ3) is 2.07. The summed E-state index contributed by atoms with van der Waals surface area (Å²) in [6, 6.07) is 0.267. The number of rotatable bonds is 4. The van der Waals surface area contributed by atoms with Gasteiger partial charge >= 0.3 is 0 Å². The molecule has 0 unspecified atom stereocenters. The number of hydrogen-bond donors (Lipinski definition) is 1. The summed E-state index contributed by atoms with van der Waals surface area (Å²) in [7, 11) is 0. The molecule has 6 nitrogen and oxygen atoms in total. The molecule has 1 aromatic heterocycles. The molecule has 0 atom stereocenters. The fourth-order valence-corrected chi connectivity index (χ4v) is 2.48. The minimum Gasteiger partial charge on any atom is -0.380 e. The van der Waals surface area contributed by atoms with E-state index in [2.05, 4.69) is 0 Å². The fourth-order valence-electron chi connectivity index (χ4n) is 2.48. The summed E-state index contributed by atoms with van der Waals surface area (Å²) >= 11 is 0. The summed E-state index contributed by atoms with van der Waals surface area (Å²) in [5.41, 5.74) is 5.20. The molecule has 7 heteroatoms. The highest BCUT2D eigenvalue weighted by Crippen LogP contribution is 2.30. The van der Waals surface area contributed by atoms with Crippen molar-refractivity contribution in [2.24, 2.45) is 5.73 Å². The maximum atomic E-state index is 12.5. The lowest BCUT2D eigenvalue weighted by molar-refractivity contribution is 0.0716. The zero-order chi connectivity index (χ0) is 14.3. The predicted octanol–water partition coefficient (Wildman–Crippen LogP) is 0.414. The Morgan fingerprint density at radius 3 is 2.80 bits per heavy atom. The molecule has 1 aromatic rings. The van der Waals surface area contributed by atoms with E-state index in [0.717, 1.165) is 17.6 Å². The van der Waals surface area contributed by atoms with Crippen LogP contribution in [0.2, 0.25) is 0 Å². The van der Waals surface area contributed by atoms with Gasteiger partial charge < -0.3 is 15.2 Å². The molecule has 20 heavy (non-hydrogen) atoms. The van der Waals surface area contributed by atoms with Gasteiger partial charge in [-0.15, -0.1) is 0 Å². The van der Waals surface area contributed by atoms with Crippen LogP contribution in [-0.4, -0.2) is 34.7 Å². The van der Waals surface area contributed by atoms with E-state index in [1.54, 1.807) is 4.90 Å². The monoisotopic (exact) mass is 281 g/mol. The second kappa shape index (κ2) is 4.90. The molecule has 0 saturated heterocycles. The van der Waals surface area contributed by atoms with Gasteiger partial charge in [-0.2, -0.15) is 4.74 Å². The summed E-state index contributed by atoms with van der Waals surface area (Å²) in [5.74, 6) is 0.131. The van der Waals surface area contributed by atoms with E-state index in [4.69, 9.17) is 10.3 Å². The van der Waals surface area contributed by atoms with Gasteiger partial charge in [-0.1, -0.05) is 0 Å². The largest absolute Gasteiger partial charge is 0.380 e. The van der Waals surface area contributed by atoms with Crippen molar-refractivity contribution < 1.29 is 13.7 Å². The van der Waals surface area contributed by atoms with Crippen LogP contribution in [0.5, 0.6) is 0 Å². The highest BCUT2D eigenvalue weighted by Gasteiger charge is 2.39. The van der Waals surface area contributed by atoms with E-state index in [-0.39, 0.29) is 36.2 Å². The lowest BCUT2D eigenvalue weighted by Crippen LogP contribution is -2.41. The lowest BCUT2D eigenvalue weighted by atomic mass is 10.1. The van der Waals surface area contributed by atoms with Crippen LogP contribution in [-0.2, 0) is 13.0 Å². The number of nitrogens with zero attached hydrogens (tertiary/aromatic N) is 2. The normalized spacial score (nSPS) is 19.4. The van der Waals surface area contributed by atoms with Crippen LogP contribution in [0, 0.1) is 0 Å². The highest BCUT2D eigenvalue weighted by molar-refractivity contribution is 5.96. The van der Waals surface area contributed by atoms with Gasteiger partial charge in [-0.25, -0.2) is 4.39 Å². The van der Waals surface area contributed by atoms with E-state index in [1.165, 1.54) is 0 Å². The number of carbonyl (C=O) groups excluding carboxylic acids is 1. The summed E-state index contributed by atoms with van der Waals surface area (Å²) < 4.78 is 18.9. The number of amides is 1. The van der Waals surface area contributed by atoms with E-state index in [9.17, 15) is 14.0 Å². The Labute approximate surface area is 114 Å². The van der Waals surface area contributed by atoms with Gasteiger partial charge in [0.2, 0.25) is 0 Å². The molecule has 1 aliphatic carbocycles. The first-order valence-corrected chi connectivity index (χ1v) is 6.68. The number of aromatic nitrogens is 1. The zero-order valence-electron chi connectivity index (χ0n) is 11.0. The van der Waals surface area contributed by atoms with Crippen molar-refractivity contribution in [1.29, 1.82) is 0 Å². The molecular formula is C13H16FN3O3. The molecule has 2 N–H and O–H groups in total. The Morgan fingerprint density at radius 2 is 2.20 bits per heavy atom. The van der Waals surface area contributed by atoms with Gasteiger partial charge in [0.15, 0.2) is 5.76 Å². The fraction of sp³-hybridized carbons (Fsp3) is 0.538. The maximum Gasteiger partial charge on any atom is 0.295 e. The number of carbonyl (C=O) groups is 1. The molecule has 1 saturated carbocycles. The van der Waals surface area contributed by atoms with Crippen LogP contribution < -0.4 is 11.3 Å². The SMILES string of the molecule is NC/C(=C\F)Cn1oc2c(c1=O)C(=O)N(C1CC1)CC2. The molecule has 2 aliphatic rings. The quantitative estimate of drug-likeness (QED) is 0.867. The third-order valence-electron chi connectivity index (χ3n) is 3.74. The molecular weight excluding hydrogens is 265 g/mol. The number of halogens is 1. The second-order valence-electron chi connectivity index (χ2n) is 5.18. The molecule has 1 fully saturated rings. The molecule has 2 heterocycles. The van der Waals surface area contributed by atoms with Crippen molar-refractivity contribution in [2.75, 3.05) is 13.1 Å². The van der Waals surface area contributed by atoms with Gasteiger partial charge in [-0.05, 0) is 18.4 Å². The van der Waals surface area contributed by atoms with Crippen LogP contribution in [0.4, 0.5) is 4.39 Å². The Kier molecular flexibility index (Phi) is 3.21. The topological polar surface area (TPSA) is 81.5 Å². The molecule has 0 aromatic carbocycles. The van der Waals surface area contributed by atoms with Crippen LogP contribution >= 0.6 is 0 Å². The molecule has 108 valence electrons. The minimum absolute atomic E-state index is 0.00352. The summed E-state index contributed by atoms with van der Waals surface area (Å²) in [6.07, 6.45) is 2.88. The Morgan fingerprint density at radius 1 is 1.45 bits per heavy atom. The summed E-state index contributed by atoms with van der Waals surface area (Å²) in [6.45, 7) is 0.512.